The quantitative estimate of drug-likeness (QED) is 0.719. The third kappa shape index (κ3) is 2.24. The first-order chi connectivity index (χ1) is 12.2. The van der Waals surface area contributed by atoms with E-state index < -0.39 is 0 Å². The zero-order valence-electron chi connectivity index (χ0n) is 14.4. The van der Waals surface area contributed by atoms with Crippen LogP contribution in [0.15, 0.2) is 36.8 Å². The van der Waals surface area contributed by atoms with E-state index in [9.17, 15) is 0 Å². The van der Waals surface area contributed by atoms with Gasteiger partial charge in [0.25, 0.3) is 0 Å². The number of nitrogens with zero attached hydrogens (tertiary/aromatic N) is 6. The van der Waals surface area contributed by atoms with Gasteiger partial charge in [0, 0.05) is 24.3 Å². The lowest BCUT2D eigenvalue weighted by Crippen LogP contribution is -2.69. The van der Waals surface area contributed by atoms with E-state index in [-0.39, 0.29) is 0 Å². The Kier molecular flexibility index (Phi) is 3.13. The van der Waals surface area contributed by atoms with Crippen LogP contribution in [0.5, 0.6) is 0 Å². The molecule has 0 saturated carbocycles. The molecule has 6 heteroatoms. The third-order valence-corrected chi connectivity index (χ3v) is 5.50. The second-order valence-corrected chi connectivity index (χ2v) is 6.98. The molecule has 2 atom stereocenters. The number of rotatable bonds is 2. The summed E-state index contributed by atoms with van der Waals surface area (Å²) in [5, 5.41) is 0. The molecule has 3 fully saturated rings. The third-order valence-electron chi connectivity index (χ3n) is 5.50. The van der Waals surface area contributed by atoms with Gasteiger partial charge in [-0.05, 0) is 32.4 Å². The second-order valence-electron chi connectivity index (χ2n) is 6.98. The van der Waals surface area contributed by atoms with Crippen molar-refractivity contribution in [3.8, 4) is 0 Å². The van der Waals surface area contributed by atoms with E-state index in [4.69, 9.17) is 4.98 Å². The molecule has 0 radical (unpaired) electrons. The Morgan fingerprint density at radius 2 is 1.72 bits per heavy atom. The van der Waals surface area contributed by atoms with Gasteiger partial charge >= 0.3 is 0 Å². The normalized spacial score (nSPS) is 22.2. The van der Waals surface area contributed by atoms with Gasteiger partial charge in [-0.3, -0.25) is 4.98 Å². The lowest BCUT2D eigenvalue weighted by Gasteiger charge is -2.57. The van der Waals surface area contributed by atoms with Crippen molar-refractivity contribution in [3.63, 3.8) is 0 Å². The molecule has 3 aromatic rings. The second kappa shape index (κ2) is 5.37. The summed E-state index contributed by atoms with van der Waals surface area (Å²) < 4.78 is 0. The lowest BCUT2D eigenvalue weighted by atomic mass is 9.87. The SMILES string of the molecule is Cc1ncnc(N2CC3CC(C2)N3c2cnc3ccccc3n2)c1C. The summed E-state index contributed by atoms with van der Waals surface area (Å²) in [5.74, 6) is 2.07. The van der Waals surface area contributed by atoms with E-state index in [1.807, 2.05) is 37.4 Å². The Hall–Kier alpha value is -2.76. The average Bonchev–Trinajstić information content (AvgIpc) is 2.64. The van der Waals surface area contributed by atoms with E-state index >= 15 is 0 Å². The highest BCUT2D eigenvalue weighted by Crippen LogP contribution is 2.38. The molecule has 0 aliphatic carbocycles. The molecule has 2 aromatic heterocycles. The van der Waals surface area contributed by atoms with Gasteiger partial charge in [0.15, 0.2) is 0 Å². The van der Waals surface area contributed by atoms with Gasteiger partial charge in [-0.15, -0.1) is 0 Å². The van der Waals surface area contributed by atoms with Crippen molar-refractivity contribution in [1.82, 2.24) is 19.9 Å². The van der Waals surface area contributed by atoms with Crippen molar-refractivity contribution in [2.24, 2.45) is 0 Å². The van der Waals surface area contributed by atoms with Gasteiger partial charge < -0.3 is 9.80 Å². The van der Waals surface area contributed by atoms with E-state index in [1.165, 1.54) is 12.0 Å². The molecule has 0 amide bonds. The van der Waals surface area contributed by atoms with Gasteiger partial charge in [0.05, 0.1) is 29.3 Å². The Labute approximate surface area is 146 Å². The van der Waals surface area contributed by atoms with Gasteiger partial charge in [0.1, 0.15) is 18.0 Å². The molecule has 1 aromatic carbocycles. The largest absolute Gasteiger partial charge is 0.352 e. The minimum absolute atomic E-state index is 0.476. The number of aromatic nitrogens is 4. The van der Waals surface area contributed by atoms with Crippen LogP contribution < -0.4 is 9.80 Å². The topological polar surface area (TPSA) is 58.0 Å². The number of hydrogen-bond donors (Lipinski definition) is 0. The van der Waals surface area contributed by atoms with Gasteiger partial charge in [-0.1, -0.05) is 12.1 Å². The zero-order valence-corrected chi connectivity index (χ0v) is 14.4. The van der Waals surface area contributed by atoms with Crippen LogP contribution in [0.4, 0.5) is 11.6 Å². The van der Waals surface area contributed by atoms with Crippen molar-refractivity contribution in [2.45, 2.75) is 32.4 Å². The minimum atomic E-state index is 0.476. The van der Waals surface area contributed by atoms with Crippen LogP contribution in [0, 0.1) is 13.8 Å². The fraction of sp³-hybridized carbons (Fsp3) is 0.368. The van der Waals surface area contributed by atoms with Crippen LogP contribution in [0.1, 0.15) is 17.7 Å². The fourth-order valence-corrected chi connectivity index (χ4v) is 4.07. The van der Waals surface area contributed by atoms with Gasteiger partial charge in [0.2, 0.25) is 0 Å². The summed E-state index contributed by atoms with van der Waals surface area (Å²) >= 11 is 0. The highest BCUT2D eigenvalue weighted by molar-refractivity contribution is 5.75. The fourth-order valence-electron chi connectivity index (χ4n) is 4.07. The first kappa shape index (κ1) is 14.6. The van der Waals surface area contributed by atoms with Gasteiger partial charge in [-0.2, -0.15) is 0 Å². The van der Waals surface area contributed by atoms with Crippen LogP contribution >= 0.6 is 0 Å². The molecule has 0 N–H and O–H groups in total. The monoisotopic (exact) mass is 332 g/mol. The predicted molar refractivity (Wildman–Crippen MR) is 97.9 cm³/mol. The zero-order chi connectivity index (χ0) is 17.0. The molecule has 25 heavy (non-hydrogen) atoms. The van der Waals surface area contributed by atoms with Crippen molar-refractivity contribution in [3.05, 3.63) is 48.0 Å². The molecule has 2 bridgehead atoms. The maximum atomic E-state index is 4.83. The summed E-state index contributed by atoms with van der Waals surface area (Å²) in [6.45, 7) is 6.10. The molecular weight excluding hydrogens is 312 g/mol. The Balaban J connectivity index is 1.41. The molecule has 2 unspecified atom stereocenters. The first-order valence-electron chi connectivity index (χ1n) is 8.74. The summed E-state index contributed by atoms with van der Waals surface area (Å²) in [5.41, 5.74) is 4.15. The molecule has 6 nitrogen and oxygen atoms in total. The average molecular weight is 332 g/mol. The lowest BCUT2D eigenvalue weighted by molar-refractivity contribution is 0.287. The van der Waals surface area contributed by atoms with Crippen LogP contribution in [0.3, 0.4) is 0 Å². The van der Waals surface area contributed by atoms with E-state index in [1.54, 1.807) is 6.33 Å². The highest BCUT2D eigenvalue weighted by Gasteiger charge is 2.46. The molecule has 6 rings (SSSR count). The summed E-state index contributed by atoms with van der Waals surface area (Å²) in [7, 11) is 0. The summed E-state index contributed by atoms with van der Waals surface area (Å²) in [4.78, 5) is 23.0. The Morgan fingerprint density at radius 1 is 0.960 bits per heavy atom. The predicted octanol–water partition coefficient (Wildman–Crippen LogP) is 2.50. The molecule has 3 aliphatic rings. The van der Waals surface area contributed by atoms with Crippen LogP contribution in [0.2, 0.25) is 0 Å². The van der Waals surface area contributed by atoms with Crippen LogP contribution in [-0.2, 0) is 0 Å². The van der Waals surface area contributed by atoms with E-state index in [0.717, 1.165) is 41.5 Å². The summed E-state index contributed by atoms with van der Waals surface area (Å²) in [6, 6.07) is 9.00. The van der Waals surface area contributed by atoms with Crippen molar-refractivity contribution in [1.29, 1.82) is 0 Å². The maximum absolute atomic E-state index is 4.83. The van der Waals surface area contributed by atoms with Crippen molar-refractivity contribution in [2.75, 3.05) is 22.9 Å². The Morgan fingerprint density at radius 3 is 2.52 bits per heavy atom. The number of fused-ring (bicyclic) bond motifs is 3. The van der Waals surface area contributed by atoms with Crippen molar-refractivity contribution < 1.29 is 0 Å². The number of piperidine rings is 1. The highest BCUT2D eigenvalue weighted by atomic mass is 15.4. The molecule has 3 saturated heterocycles. The summed E-state index contributed by atoms with van der Waals surface area (Å²) in [6.07, 6.45) is 4.80. The standard InChI is InChI=1S/C19H20N6/c1-12-13(2)21-11-22-19(12)24-9-14-7-15(10-24)25(14)18-8-20-16-5-3-4-6-17(16)23-18/h3-6,8,11,14-15H,7,9-10H2,1-2H3. The van der Waals surface area contributed by atoms with E-state index in [0.29, 0.717) is 12.1 Å². The van der Waals surface area contributed by atoms with Crippen LogP contribution in [0.25, 0.3) is 11.0 Å². The number of piperazine rings is 1. The minimum Gasteiger partial charge on any atom is -0.352 e. The van der Waals surface area contributed by atoms with Gasteiger partial charge in [-0.25, -0.2) is 15.0 Å². The molecular formula is C19H20N6. The smallest absolute Gasteiger partial charge is 0.148 e. The molecule has 126 valence electrons. The number of aryl methyl sites for hydroxylation is 1. The number of benzene rings is 1. The van der Waals surface area contributed by atoms with Crippen LogP contribution in [-0.4, -0.2) is 45.1 Å². The number of anilines is 2. The molecule has 3 aliphatic heterocycles. The van der Waals surface area contributed by atoms with E-state index in [2.05, 4.69) is 31.7 Å². The number of para-hydroxylation sites is 2. The molecule has 0 spiro atoms. The van der Waals surface area contributed by atoms with Crippen molar-refractivity contribution >= 4 is 22.7 Å². The maximum Gasteiger partial charge on any atom is 0.148 e. The molecule has 5 heterocycles. The Bertz CT molecular complexity index is 944. The number of hydrogen-bond acceptors (Lipinski definition) is 6. The first-order valence-corrected chi connectivity index (χ1v) is 8.74.